The lowest BCUT2D eigenvalue weighted by molar-refractivity contribution is -0.967. The number of rotatable bonds is 2. The fourth-order valence-corrected chi connectivity index (χ4v) is 4.20. The summed E-state index contributed by atoms with van der Waals surface area (Å²) in [6, 6.07) is 0. The molecule has 0 amide bonds. The van der Waals surface area contributed by atoms with Gasteiger partial charge in [-0.15, -0.1) is 9.81 Å². The minimum absolute atomic E-state index is 0.798. The molecule has 21 heavy (non-hydrogen) atoms. The molecule has 0 unspecified atom stereocenters. The fraction of sp³-hybridized carbons (Fsp3) is 1.00. The zero-order chi connectivity index (χ0) is 14.8. The van der Waals surface area contributed by atoms with Crippen molar-refractivity contribution in [2.24, 2.45) is 10.6 Å². The lowest BCUT2D eigenvalue weighted by Gasteiger charge is -2.44. The Kier molecular flexibility index (Phi) is 4.08. The first-order valence-electron chi connectivity index (χ1n) is 8.06. The molecule has 0 radical (unpaired) electrons. The van der Waals surface area contributed by atoms with E-state index in [9.17, 15) is 9.81 Å². The maximum absolute atomic E-state index is 10.6. The molecule has 0 N–H and O–H groups in total. The minimum atomic E-state index is 0.798. The predicted octanol–water partition coefficient (Wildman–Crippen LogP) is 0.0177. The lowest BCUT2D eigenvalue weighted by Crippen LogP contribution is -2.63. The molecular weight excluding hydrogens is 272 g/mol. The van der Waals surface area contributed by atoms with Gasteiger partial charge in [-0.3, -0.25) is 0 Å². The Morgan fingerprint density at radius 1 is 0.571 bits per heavy atom. The fourth-order valence-electron chi connectivity index (χ4n) is 4.20. The summed E-state index contributed by atoms with van der Waals surface area (Å²) in [5.74, 6) is 0. The number of nitrogens with zero attached hydrogens (tertiary/aromatic N) is 6. The maximum atomic E-state index is 10.6. The minimum Gasteiger partial charge on any atom is -0.316 e. The molecule has 2 spiro atoms. The molecule has 0 aromatic heterocycles. The molecule has 118 valence electrons. The van der Waals surface area contributed by atoms with Crippen LogP contribution in [0.3, 0.4) is 0 Å². The van der Waals surface area contributed by atoms with E-state index in [2.05, 4.69) is 10.6 Å². The topological polar surface area (TPSA) is 65.3 Å². The molecule has 3 fully saturated rings. The zero-order valence-corrected chi connectivity index (χ0v) is 12.7. The van der Waals surface area contributed by atoms with E-state index in [0.29, 0.717) is 0 Å². The van der Waals surface area contributed by atoms with E-state index in [-0.39, 0.29) is 0 Å². The largest absolute Gasteiger partial charge is 0.316 e. The van der Waals surface area contributed by atoms with Gasteiger partial charge in [-0.05, 0) is 0 Å². The highest BCUT2D eigenvalue weighted by Crippen LogP contribution is 2.23. The van der Waals surface area contributed by atoms with Gasteiger partial charge in [0.05, 0.1) is 76.0 Å². The van der Waals surface area contributed by atoms with Crippen LogP contribution in [0.15, 0.2) is 10.6 Å². The molecule has 3 aliphatic rings. The van der Waals surface area contributed by atoms with Crippen LogP contribution in [0.2, 0.25) is 0 Å². The first-order valence-corrected chi connectivity index (χ1v) is 8.06. The highest BCUT2D eigenvalue weighted by Gasteiger charge is 2.42. The molecule has 0 saturated carbocycles. The van der Waals surface area contributed by atoms with E-state index in [4.69, 9.17) is 0 Å². The molecule has 0 bridgehead atoms. The van der Waals surface area contributed by atoms with Gasteiger partial charge < -0.3 is 8.97 Å². The average molecular weight is 298 g/mol. The van der Waals surface area contributed by atoms with Crippen molar-refractivity contribution in [3.63, 3.8) is 0 Å². The quantitative estimate of drug-likeness (QED) is 0.532. The van der Waals surface area contributed by atoms with Crippen molar-refractivity contribution in [1.29, 1.82) is 0 Å². The van der Waals surface area contributed by atoms with Gasteiger partial charge in [0.1, 0.15) is 13.1 Å². The van der Waals surface area contributed by atoms with Gasteiger partial charge in [0, 0.05) is 6.42 Å². The van der Waals surface area contributed by atoms with Gasteiger partial charge in [0.15, 0.2) is 0 Å². The highest BCUT2D eigenvalue weighted by atomic mass is 16.3. The van der Waals surface area contributed by atoms with E-state index in [1.807, 2.05) is 0 Å². The van der Waals surface area contributed by atoms with Crippen LogP contribution in [0, 0.1) is 9.81 Å². The van der Waals surface area contributed by atoms with Crippen molar-refractivity contribution < 1.29 is 8.97 Å². The number of piperazine rings is 2. The van der Waals surface area contributed by atoms with Crippen LogP contribution >= 0.6 is 0 Å². The van der Waals surface area contributed by atoms with E-state index >= 15 is 0 Å². The highest BCUT2D eigenvalue weighted by molar-refractivity contribution is 4.66. The van der Waals surface area contributed by atoms with Crippen LogP contribution < -0.4 is 0 Å². The molecule has 0 aliphatic carbocycles. The Morgan fingerprint density at radius 2 is 0.952 bits per heavy atom. The Morgan fingerprint density at radius 3 is 1.29 bits per heavy atom. The average Bonchev–Trinajstić information content (AvgIpc) is 2.70. The second-order valence-corrected chi connectivity index (χ2v) is 6.90. The predicted molar refractivity (Wildman–Crippen MR) is 78.8 cm³/mol. The first-order chi connectivity index (χ1) is 10.2. The van der Waals surface area contributed by atoms with Crippen molar-refractivity contribution in [2.45, 2.75) is 6.42 Å². The summed E-state index contributed by atoms with van der Waals surface area (Å²) in [5, 5.41) is 9.47. The van der Waals surface area contributed by atoms with Gasteiger partial charge in [-0.25, -0.2) is 10.0 Å². The molecule has 3 rings (SSSR count). The number of hydrogen-bond donors (Lipinski definition) is 0. The summed E-state index contributed by atoms with van der Waals surface area (Å²) < 4.78 is 2.31. The van der Waals surface area contributed by atoms with Crippen molar-refractivity contribution in [1.82, 2.24) is 10.0 Å². The number of quaternary nitrogens is 2. The first kappa shape index (κ1) is 14.6. The van der Waals surface area contributed by atoms with Crippen LogP contribution in [0.1, 0.15) is 6.42 Å². The van der Waals surface area contributed by atoms with Gasteiger partial charge >= 0.3 is 0 Å². The summed E-state index contributed by atoms with van der Waals surface area (Å²) in [6.45, 7) is 12.2. The Balaban J connectivity index is 1.59. The number of hydrogen-bond acceptors (Lipinski definition) is 4. The number of nitroso groups, excluding NO2 is 2. The van der Waals surface area contributed by atoms with E-state index in [1.54, 1.807) is 10.0 Å². The third-order valence-corrected chi connectivity index (χ3v) is 5.87. The van der Waals surface area contributed by atoms with Crippen molar-refractivity contribution >= 4 is 0 Å². The van der Waals surface area contributed by atoms with Crippen LogP contribution in [0.4, 0.5) is 0 Å². The summed E-state index contributed by atoms with van der Waals surface area (Å²) in [6.07, 6.45) is 1.24. The molecule has 0 aromatic rings. The molecule has 0 atom stereocenters. The van der Waals surface area contributed by atoms with Gasteiger partial charge in [-0.2, -0.15) is 0 Å². The molecule has 8 nitrogen and oxygen atoms in total. The Bertz CT molecular complexity index is 352. The molecule has 8 heteroatoms. The normalized spacial score (nSPS) is 28.4. The van der Waals surface area contributed by atoms with Crippen molar-refractivity contribution in [3.05, 3.63) is 9.81 Å². The van der Waals surface area contributed by atoms with Crippen LogP contribution in [0.25, 0.3) is 0 Å². The van der Waals surface area contributed by atoms with Crippen LogP contribution in [0.5, 0.6) is 0 Å². The van der Waals surface area contributed by atoms with E-state index < -0.39 is 0 Å². The second kappa shape index (κ2) is 5.84. The third-order valence-electron chi connectivity index (χ3n) is 5.87. The molecule has 0 aromatic carbocycles. The summed E-state index contributed by atoms with van der Waals surface area (Å²) in [4.78, 5) is 21.3. The molecular formula is C13H26N6O2+2. The SMILES string of the molecule is O=NN1CC[N+]2(CCC[N+]3(CCN(N=O)CC3)CC2)CC1. The summed E-state index contributed by atoms with van der Waals surface area (Å²) >= 11 is 0. The lowest BCUT2D eigenvalue weighted by atomic mass is 10.2. The molecule has 3 heterocycles. The van der Waals surface area contributed by atoms with Gasteiger partial charge in [0.25, 0.3) is 0 Å². The summed E-state index contributed by atoms with van der Waals surface area (Å²) in [5.41, 5.74) is 0. The second-order valence-electron chi connectivity index (χ2n) is 6.90. The Hall–Kier alpha value is -1.28. The third kappa shape index (κ3) is 3.01. The smallest absolute Gasteiger partial charge is 0.129 e. The van der Waals surface area contributed by atoms with Crippen molar-refractivity contribution in [2.75, 3.05) is 78.5 Å². The Labute approximate surface area is 125 Å². The van der Waals surface area contributed by atoms with E-state index in [1.165, 1.54) is 32.6 Å². The molecule has 3 saturated heterocycles. The van der Waals surface area contributed by atoms with Gasteiger partial charge in [0.2, 0.25) is 0 Å². The standard InChI is InChI=1S/C13H26N6O2/c20-14-16-2-8-18(9-3-16)6-1-7-19(13-12-18)10-4-17(15-21)5-11-19/h1-13H2/q+2. The van der Waals surface area contributed by atoms with Crippen LogP contribution in [-0.2, 0) is 0 Å². The van der Waals surface area contributed by atoms with Crippen LogP contribution in [-0.4, -0.2) is 97.5 Å². The maximum Gasteiger partial charge on any atom is 0.129 e. The summed E-state index contributed by atoms with van der Waals surface area (Å²) in [7, 11) is 0. The van der Waals surface area contributed by atoms with Crippen molar-refractivity contribution in [3.8, 4) is 0 Å². The van der Waals surface area contributed by atoms with E-state index in [0.717, 1.165) is 61.3 Å². The monoisotopic (exact) mass is 298 g/mol. The van der Waals surface area contributed by atoms with Gasteiger partial charge in [-0.1, -0.05) is 0 Å². The molecule has 3 aliphatic heterocycles. The zero-order valence-electron chi connectivity index (χ0n) is 12.7.